The van der Waals surface area contributed by atoms with Gasteiger partial charge < -0.3 is 10.1 Å². The number of methoxy groups -OCH3 is 1. The first-order valence-corrected chi connectivity index (χ1v) is 11.1. The van der Waals surface area contributed by atoms with E-state index in [-0.39, 0.29) is 5.91 Å². The number of nitrogens with one attached hydrogen (secondary N) is 1. The van der Waals surface area contributed by atoms with Crippen LogP contribution in [0.25, 0.3) is 20.8 Å². The molecule has 0 aliphatic heterocycles. The second-order valence-electron chi connectivity index (χ2n) is 6.59. The van der Waals surface area contributed by atoms with Crippen molar-refractivity contribution in [2.45, 2.75) is 11.8 Å². The van der Waals surface area contributed by atoms with Crippen LogP contribution in [0.1, 0.15) is 15.9 Å². The van der Waals surface area contributed by atoms with E-state index in [1.165, 1.54) is 10.3 Å². The molecular formula is C23H20N2O2S2. The first kappa shape index (κ1) is 19.5. The summed E-state index contributed by atoms with van der Waals surface area (Å²) in [6.45, 7) is 2.08. The van der Waals surface area contributed by atoms with Crippen molar-refractivity contribution in [1.82, 2.24) is 4.98 Å². The molecule has 4 nitrogen and oxygen atoms in total. The number of aromatic nitrogens is 1. The predicted octanol–water partition coefficient (Wildman–Crippen LogP) is 6.25. The number of thioether (sulfide) groups is 1. The lowest BCUT2D eigenvalue weighted by Crippen LogP contribution is -2.13. The lowest BCUT2D eigenvalue weighted by molar-refractivity contribution is 0.102. The zero-order valence-electron chi connectivity index (χ0n) is 16.4. The molecule has 0 saturated heterocycles. The molecule has 0 fully saturated rings. The molecule has 1 N–H and O–H groups in total. The maximum atomic E-state index is 12.7. The molecule has 1 heterocycles. The number of hydrogen-bond donors (Lipinski definition) is 1. The van der Waals surface area contributed by atoms with Crippen molar-refractivity contribution in [1.29, 1.82) is 0 Å². The minimum atomic E-state index is -0.197. The van der Waals surface area contributed by atoms with Gasteiger partial charge in [0.1, 0.15) is 10.8 Å². The quantitative estimate of drug-likeness (QED) is 0.388. The molecule has 29 heavy (non-hydrogen) atoms. The number of carbonyl (C=O) groups excluding carboxylic acids is 1. The van der Waals surface area contributed by atoms with Gasteiger partial charge in [-0.3, -0.25) is 4.79 Å². The highest BCUT2D eigenvalue weighted by molar-refractivity contribution is 7.98. The van der Waals surface area contributed by atoms with E-state index in [1.54, 1.807) is 36.3 Å². The van der Waals surface area contributed by atoms with E-state index in [1.807, 2.05) is 42.7 Å². The molecule has 4 aromatic rings. The number of aryl methyl sites for hydroxylation is 1. The van der Waals surface area contributed by atoms with Gasteiger partial charge in [-0.05, 0) is 73.3 Å². The van der Waals surface area contributed by atoms with Gasteiger partial charge in [-0.15, -0.1) is 23.1 Å². The summed E-state index contributed by atoms with van der Waals surface area (Å²) in [6.07, 6.45) is 1.99. The van der Waals surface area contributed by atoms with Crippen LogP contribution in [0.3, 0.4) is 0 Å². The second-order valence-corrected chi connectivity index (χ2v) is 8.50. The molecule has 0 spiro atoms. The van der Waals surface area contributed by atoms with Crippen molar-refractivity contribution in [2.75, 3.05) is 18.7 Å². The molecule has 0 aliphatic carbocycles. The minimum Gasteiger partial charge on any atom is -0.496 e. The van der Waals surface area contributed by atoms with Crippen molar-refractivity contribution in [3.63, 3.8) is 0 Å². The van der Waals surface area contributed by atoms with Crippen LogP contribution in [0.15, 0.2) is 65.6 Å². The van der Waals surface area contributed by atoms with Crippen LogP contribution in [-0.2, 0) is 0 Å². The number of anilines is 1. The SMILES string of the molecule is COc1cc(SC)ccc1C(=O)Nc1ccc(-c2nc3ccc(C)cc3s2)cc1. The number of nitrogens with zero attached hydrogens (tertiary/aromatic N) is 1. The van der Waals surface area contributed by atoms with E-state index in [2.05, 4.69) is 30.4 Å². The van der Waals surface area contributed by atoms with E-state index >= 15 is 0 Å². The Kier molecular flexibility index (Phi) is 5.56. The largest absolute Gasteiger partial charge is 0.496 e. The van der Waals surface area contributed by atoms with Gasteiger partial charge in [0.15, 0.2) is 0 Å². The summed E-state index contributed by atoms with van der Waals surface area (Å²) in [5, 5.41) is 3.91. The van der Waals surface area contributed by atoms with Crippen LogP contribution in [-0.4, -0.2) is 24.3 Å². The molecule has 0 aliphatic rings. The van der Waals surface area contributed by atoms with Crippen molar-refractivity contribution in [2.24, 2.45) is 0 Å². The fraction of sp³-hybridized carbons (Fsp3) is 0.130. The Hall–Kier alpha value is -2.83. The molecule has 0 unspecified atom stereocenters. The van der Waals surface area contributed by atoms with Crippen molar-refractivity contribution in [3.05, 3.63) is 71.8 Å². The Morgan fingerprint density at radius 1 is 1.07 bits per heavy atom. The summed E-state index contributed by atoms with van der Waals surface area (Å²) in [5.41, 5.74) is 4.51. The molecular weight excluding hydrogens is 400 g/mol. The van der Waals surface area contributed by atoms with Crippen molar-refractivity contribution in [3.8, 4) is 16.3 Å². The third-order valence-electron chi connectivity index (χ3n) is 4.59. The normalized spacial score (nSPS) is 10.9. The van der Waals surface area contributed by atoms with Gasteiger partial charge in [0.05, 0.1) is 22.9 Å². The number of hydrogen-bond acceptors (Lipinski definition) is 5. The van der Waals surface area contributed by atoms with Gasteiger partial charge in [0.25, 0.3) is 5.91 Å². The zero-order chi connectivity index (χ0) is 20.4. The van der Waals surface area contributed by atoms with E-state index < -0.39 is 0 Å². The minimum absolute atomic E-state index is 0.197. The fourth-order valence-corrected chi connectivity index (χ4v) is 4.53. The lowest BCUT2D eigenvalue weighted by atomic mass is 10.1. The van der Waals surface area contributed by atoms with Gasteiger partial charge >= 0.3 is 0 Å². The van der Waals surface area contributed by atoms with Crippen LogP contribution < -0.4 is 10.1 Å². The summed E-state index contributed by atoms with van der Waals surface area (Å²) in [4.78, 5) is 18.5. The van der Waals surface area contributed by atoms with Crippen LogP contribution >= 0.6 is 23.1 Å². The van der Waals surface area contributed by atoms with Crippen LogP contribution in [0, 0.1) is 6.92 Å². The number of carbonyl (C=O) groups is 1. The number of ether oxygens (including phenoxy) is 1. The average Bonchev–Trinajstić information content (AvgIpc) is 3.16. The number of amides is 1. The van der Waals surface area contributed by atoms with E-state index in [0.717, 1.165) is 26.7 Å². The summed E-state index contributed by atoms with van der Waals surface area (Å²) in [6, 6.07) is 19.6. The maximum absolute atomic E-state index is 12.7. The number of benzene rings is 3. The highest BCUT2D eigenvalue weighted by Gasteiger charge is 2.14. The van der Waals surface area contributed by atoms with Gasteiger partial charge in [0, 0.05) is 16.1 Å². The highest BCUT2D eigenvalue weighted by Crippen LogP contribution is 2.31. The Balaban J connectivity index is 1.54. The number of fused-ring (bicyclic) bond motifs is 1. The Morgan fingerprint density at radius 2 is 1.86 bits per heavy atom. The molecule has 0 atom stereocenters. The van der Waals surface area contributed by atoms with Crippen LogP contribution in [0.2, 0.25) is 0 Å². The Labute approximate surface area is 177 Å². The topological polar surface area (TPSA) is 51.2 Å². The molecule has 1 amide bonds. The smallest absolute Gasteiger partial charge is 0.259 e. The van der Waals surface area contributed by atoms with Gasteiger partial charge in [0.2, 0.25) is 0 Å². The van der Waals surface area contributed by atoms with Gasteiger partial charge in [-0.25, -0.2) is 4.98 Å². The monoisotopic (exact) mass is 420 g/mol. The lowest BCUT2D eigenvalue weighted by Gasteiger charge is -2.11. The van der Waals surface area contributed by atoms with E-state index in [9.17, 15) is 4.79 Å². The van der Waals surface area contributed by atoms with Gasteiger partial charge in [-0.1, -0.05) is 6.07 Å². The highest BCUT2D eigenvalue weighted by atomic mass is 32.2. The van der Waals surface area contributed by atoms with Crippen molar-refractivity contribution >= 4 is 44.9 Å². The van der Waals surface area contributed by atoms with E-state index in [4.69, 9.17) is 9.72 Å². The maximum Gasteiger partial charge on any atom is 0.259 e. The second kappa shape index (κ2) is 8.27. The van der Waals surface area contributed by atoms with Crippen molar-refractivity contribution < 1.29 is 9.53 Å². The summed E-state index contributed by atoms with van der Waals surface area (Å²) in [7, 11) is 1.57. The fourth-order valence-electron chi connectivity index (χ4n) is 3.04. The van der Waals surface area contributed by atoms with E-state index in [0.29, 0.717) is 11.3 Å². The molecule has 3 aromatic carbocycles. The Bertz CT molecular complexity index is 1180. The third-order valence-corrected chi connectivity index (χ3v) is 6.38. The summed E-state index contributed by atoms with van der Waals surface area (Å²) in [5.74, 6) is 0.369. The summed E-state index contributed by atoms with van der Waals surface area (Å²) < 4.78 is 6.56. The number of rotatable bonds is 5. The summed E-state index contributed by atoms with van der Waals surface area (Å²) >= 11 is 3.28. The van der Waals surface area contributed by atoms with Crippen LogP contribution in [0.4, 0.5) is 5.69 Å². The average molecular weight is 421 g/mol. The standard InChI is InChI=1S/C23H20N2O2S2/c1-14-4-11-19-21(12-14)29-23(25-19)15-5-7-16(8-6-15)24-22(26)18-10-9-17(28-3)13-20(18)27-2/h4-13H,1-3H3,(H,24,26). The van der Waals surface area contributed by atoms with Crippen LogP contribution in [0.5, 0.6) is 5.75 Å². The number of thiazole rings is 1. The molecule has 1 aromatic heterocycles. The predicted molar refractivity (Wildman–Crippen MR) is 123 cm³/mol. The Morgan fingerprint density at radius 3 is 2.59 bits per heavy atom. The molecule has 6 heteroatoms. The zero-order valence-corrected chi connectivity index (χ0v) is 18.0. The van der Waals surface area contributed by atoms with Gasteiger partial charge in [-0.2, -0.15) is 0 Å². The molecule has 0 saturated carbocycles. The first-order valence-electron chi connectivity index (χ1n) is 9.08. The molecule has 4 rings (SSSR count). The third kappa shape index (κ3) is 4.13. The molecule has 146 valence electrons. The molecule has 0 radical (unpaired) electrons. The first-order chi connectivity index (χ1) is 14.1. The molecule has 0 bridgehead atoms.